The Balaban J connectivity index is 2.38. The van der Waals surface area contributed by atoms with Gasteiger partial charge in [0.2, 0.25) is 10.0 Å². The lowest BCUT2D eigenvalue weighted by atomic mass is 10.1. The predicted octanol–water partition coefficient (Wildman–Crippen LogP) is 2.90. The molecule has 0 aliphatic carbocycles. The van der Waals surface area contributed by atoms with Crippen molar-refractivity contribution in [2.75, 3.05) is 0 Å². The Morgan fingerprint density at radius 3 is 2.62 bits per heavy atom. The third kappa shape index (κ3) is 3.52. The number of aliphatic hydroxyl groups is 1. The summed E-state index contributed by atoms with van der Waals surface area (Å²) in [6.07, 6.45) is 0. The summed E-state index contributed by atoms with van der Waals surface area (Å²) in [6.45, 7) is 5.26. The van der Waals surface area contributed by atoms with E-state index in [1.165, 1.54) is 17.4 Å². The van der Waals surface area contributed by atoms with E-state index in [1.54, 1.807) is 13.0 Å². The van der Waals surface area contributed by atoms with Crippen LogP contribution in [0.3, 0.4) is 0 Å². The molecule has 1 atom stereocenters. The van der Waals surface area contributed by atoms with Crippen molar-refractivity contribution in [2.45, 2.75) is 38.3 Å². The second kappa shape index (κ2) is 6.27. The zero-order valence-corrected chi connectivity index (χ0v) is 13.9. The number of rotatable bonds is 5. The van der Waals surface area contributed by atoms with E-state index in [2.05, 4.69) is 4.72 Å². The maximum absolute atomic E-state index is 12.6. The van der Waals surface area contributed by atoms with Crippen molar-refractivity contribution in [3.05, 3.63) is 51.2 Å². The van der Waals surface area contributed by atoms with Crippen molar-refractivity contribution < 1.29 is 13.5 Å². The van der Waals surface area contributed by atoms with E-state index >= 15 is 0 Å². The third-order valence-electron chi connectivity index (χ3n) is 3.53. The van der Waals surface area contributed by atoms with Crippen LogP contribution < -0.4 is 4.72 Å². The molecule has 0 amide bonds. The van der Waals surface area contributed by atoms with Crippen molar-refractivity contribution in [1.29, 1.82) is 0 Å². The maximum atomic E-state index is 12.6. The van der Waals surface area contributed by atoms with Crippen LogP contribution in [-0.4, -0.2) is 13.5 Å². The average Bonchev–Trinajstić information content (AvgIpc) is 2.95. The van der Waals surface area contributed by atoms with Crippen LogP contribution >= 0.6 is 11.3 Å². The molecular weight excluding hydrogens is 306 g/mol. The molecule has 2 rings (SSSR count). The van der Waals surface area contributed by atoms with Crippen molar-refractivity contribution >= 4 is 21.4 Å². The molecule has 0 radical (unpaired) electrons. The normalized spacial score (nSPS) is 13.3. The molecule has 0 aliphatic rings. The molecule has 4 nitrogen and oxygen atoms in total. The molecule has 0 fully saturated rings. The van der Waals surface area contributed by atoms with E-state index in [0.717, 1.165) is 11.1 Å². The Morgan fingerprint density at radius 2 is 2.05 bits per heavy atom. The van der Waals surface area contributed by atoms with Crippen molar-refractivity contribution in [3.63, 3.8) is 0 Å². The van der Waals surface area contributed by atoms with Gasteiger partial charge in [0.25, 0.3) is 0 Å². The molecule has 1 heterocycles. The lowest BCUT2D eigenvalue weighted by Gasteiger charge is -2.16. The molecule has 1 unspecified atom stereocenters. The Labute approximate surface area is 129 Å². The first-order valence-corrected chi connectivity index (χ1v) is 9.03. The lowest BCUT2D eigenvalue weighted by molar-refractivity contribution is 0.281. The Bertz CT molecular complexity index is 722. The highest BCUT2D eigenvalue weighted by molar-refractivity contribution is 7.89. The topological polar surface area (TPSA) is 66.4 Å². The number of nitrogens with one attached hydrogen (secondary N) is 1. The number of aryl methyl sites for hydroxylation is 1. The monoisotopic (exact) mass is 325 g/mol. The smallest absolute Gasteiger partial charge is 0.241 e. The second-order valence-electron chi connectivity index (χ2n) is 5.09. The molecule has 2 aromatic rings. The van der Waals surface area contributed by atoms with Gasteiger partial charge in [-0.05, 0) is 65.9 Å². The van der Waals surface area contributed by atoms with E-state index in [4.69, 9.17) is 0 Å². The summed E-state index contributed by atoms with van der Waals surface area (Å²) in [5.74, 6) is 0. The van der Waals surface area contributed by atoms with Gasteiger partial charge in [0, 0.05) is 6.04 Å². The van der Waals surface area contributed by atoms with Gasteiger partial charge in [-0.3, -0.25) is 0 Å². The highest BCUT2D eigenvalue weighted by atomic mass is 32.2. The van der Waals surface area contributed by atoms with Crippen molar-refractivity contribution in [2.24, 2.45) is 0 Å². The molecule has 6 heteroatoms. The fraction of sp³-hybridized carbons (Fsp3) is 0.333. The quantitative estimate of drug-likeness (QED) is 0.888. The van der Waals surface area contributed by atoms with Crippen LogP contribution in [0.5, 0.6) is 0 Å². The SMILES string of the molecule is Cc1cc(CO)cc(S(=O)(=O)NC(C)c2ccsc2)c1C. The minimum atomic E-state index is -3.63. The van der Waals surface area contributed by atoms with Crippen LogP contribution in [-0.2, 0) is 16.6 Å². The maximum Gasteiger partial charge on any atom is 0.241 e. The van der Waals surface area contributed by atoms with Gasteiger partial charge in [-0.1, -0.05) is 6.07 Å². The second-order valence-corrected chi connectivity index (χ2v) is 7.56. The van der Waals surface area contributed by atoms with Crippen LogP contribution in [0.25, 0.3) is 0 Å². The van der Waals surface area contributed by atoms with E-state index in [-0.39, 0.29) is 17.5 Å². The van der Waals surface area contributed by atoms with Crippen LogP contribution in [0.2, 0.25) is 0 Å². The molecule has 0 saturated heterocycles. The molecule has 0 spiro atoms. The van der Waals surface area contributed by atoms with Crippen molar-refractivity contribution in [3.8, 4) is 0 Å². The highest BCUT2D eigenvalue weighted by Gasteiger charge is 2.22. The van der Waals surface area contributed by atoms with Gasteiger partial charge >= 0.3 is 0 Å². The van der Waals surface area contributed by atoms with Gasteiger partial charge < -0.3 is 5.11 Å². The van der Waals surface area contributed by atoms with Gasteiger partial charge in [-0.2, -0.15) is 11.3 Å². The fourth-order valence-corrected chi connectivity index (χ4v) is 4.51. The summed E-state index contributed by atoms with van der Waals surface area (Å²) in [6, 6.07) is 4.95. The molecule has 0 aliphatic heterocycles. The van der Waals surface area contributed by atoms with Crippen LogP contribution in [0.4, 0.5) is 0 Å². The molecule has 0 bridgehead atoms. The summed E-state index contributed by atoms with van der Waals surface area (Å²) in [7, 11) is -3.63. The number of benzene rings is 1. The number of hydrogen-bond acceptors (Lipinski definition) is 4. The van der Waals surface area contributed by atoms with E-state index in [9.17, 15) is 13.5 Å². The first-order chi connectivity index (χ1) is 9.85. The van der Waals surface area contributed by atoms with Gasteiger partial charge in [-0.25, -0.2) is 13.1 Å². The van der Waals surface area contributed by atoms with Crippen LogP contribution in [0, 0.1) is 13.8 Å². The first kappa shape index (κ1) is 16.2. The van der Waals surface area contributed by atoms with E-state index in [0.29, 0.717) is 11.1 Å². The zero-order valence-electron chi connectivity index (χ0n) is 12.3. The summed E-state index contributed by atoms with van der Waals surface area (Å²) in [4.78, 5) is 0.230. The molecule has 21 heavy (non-hydrogen) atoms. The predicted molar refractivity (Wildman–Crippen MR) is 84.9 cm³/mol. The Hall–Kier alpha value is -1.21. The molecule has 114 valence electrons. The third-order valence-corrected chi connectivity index (χ3v) is 5.90. The highest BCUT2D eigenvalue weighted by Crippen LogP contribution is 2.24. The summed E-state index contributed by atoms with van der Waals surface area (Å²) in [5, 5.41) is 13.1. The molecule has 1 aromatic carbocycles. The van der Waals surface area contributed by atoms with Gasteiger partial charge in [0.1, 0.15) is 0 Å². The number of hydrogen-bond donors (Lipinski definition) is 2. The Kier molecular flexibility index (Phi) is 4.83. The molecule has 1 aromatic heterocycles. The molecular formula is C15H19NO3S2. The molecule has 2 N–H and O–H groups in total. The van der Waals surface area contributed by atoms with E-state index < -0.39 is 10.0 Å². The Morgan fingerprint density at radius 1 is 1.33 bits per heavy atom. The molecule has 0 saturated carbocycles. The summed E-state index contributed by atoms with van der Waals surface area (Å²) < 4.78 is 27.9. The zero-order chi connectivity index (χ0) is 15.6. The standard InChI is InChI=1S/C15H19NO3S2/c1-10-6-13(8-17)7-15(11(10)2)21(18,19)16-12(3)14-4-5-20-9-14/h4-7,9,12,16-17H,8H2,1-3H3. The first-order valence-electron chi connectivity index (χ1n) is 6.60. The van der Waals surface area contributed by atoms with Gasteiger partial charge in [-0.15, -0.1) is 0 Å². The summed E-state index contributed by atoms with van der Waals surface area (Å²) in [5.41, 5.74) is 3.10. The van der Waals surface area contributed by atoms with Gasteiger partial charge in [0.05, 0.1) is 11.5 Å². The van der Waals surface area contributed by atoms with Crippen molar-refractivity contribution in [1.82, 2.24) is 4.72 Å². The number of sulfonamides is 1. The van der Waals surface area contributed by atoms with Crippen LogP contribution in [0.15, 0.2) is 33.9 Å². The van der Waals surface area contributed by atoms with Gasteiger partial charge in [0.15, 0.2) is 0 Å². The number of aliphatic hydroxyl groups excluding tert-OH is 1. The van der Waals surface area contributed by atoms with E-state index in [1.807, 2.05) is 30.7 Å². The summed E-state index contributed by atoms with van der Waals surface area (Å²) >= 11 is 1.53. The minimum Gasteiger partial charge on any atom is -0.392 e. The van der Waals surface area contributed by atoms with Crippen LogP contribution in [0.1, 0.15) is 35.2 Å². The lowest BCUT2D eigenvalue weighted by Crippen LogP contribution is -2.27. The average molecular weight is 325 g/mol. The number of thiophene rings is 1. The largest absolute Gasteiger partial charge is 0.392 e. The fourth-order valence-electron chi connectivity index (χ4n) is 2.16. The minimum absolute atomic E-state index is 0.177.